The molecule has 0 aromatic carbocycles. The van der Waals surface area contributed by atoms with Gasteiger partial charge in [0.1, 0.15) is 17.6 Å². The number of esters is 1. The molecule has 0 aliphatic carbocycles. The zero-order chi connectivity index (χ0) is 23.3. The summed E-state index contributed by atoms with van der Waals surface area (Å²) in [4.78, 5) is 44.2. The SMILES string of the molecule is CC(C)(C)N1CC=C[C@]23O[C@@]4(C)C=CCCOC(=O)[C@H]4[C@H]2C(=O)N(CCCCO)C3C1=O. The number of carbonyl (C=O) groups excluding carboxylic acids is 3. The summed E-state index contributed by atoms with van der Waals surface area (Å²) in [6.07, 6.45) is 9.15. The van der Waals surface area contributed by atoms with Gasteiger partial charge >= 0.3 is 5.97 Å². The molecule has 2 saturated heterocycles. The van der Waals surface area contributed by atoms with Crippen LogP contribution in [0.15, 0.2) is 24.3 Å². The fraction of sp³-hybridized carbons (Fsp3) is 0.708. The van der Waals surface area contributed by atoms with Crippen LogP contribution in [0.1, 0.15) is 47.0 Å². The molecule has 4 aliphatic heterocycles. The van der Waals surface area contributed by atoms with Crippen molar-refractivity contribution < 1.29 is 29.0 Å². The molecule has 0 aromatic heterocycles. The summed E-state index contributed by atoms with van der Waals surface area (Å²) in [7, 11) is 0. The van der Waals surface area contributed by atoms with Gasteiger partial charge in [-0.2, -0.15) is 0 Å². The van der Waals surface area contributed by atoms with Gasteiger partial charge in [0.05, 0.1) is 18.1 Å². The second kappa shape index (κ2) is 7.99. The predicted octanol–water partition coefficient (Wildman–Crippen LogP) is 1.43. The van der Waals surface area contributed by atoms with Crippen molar-refractivity contribution in [1.29, 1.82) is 0 Å². The van der Waals surface area contributed by atoms with Crippen molar-refractivity contribution in [2.75, 3.05) is 26.3 Å². The molecule has 0 aromatic rings. The van der Waals surface area contributed by atoms with Gasteiger partial charge in [0.15, 0.2) is 0 Å². The molecule has 1 spiro atoms. The van der Waals surface area contributed by atoms with Gasteiger partial charge in [-0.05, 0) is 47.0 Å². The van der Waals surface area contributed by atoms with E-state index >= 15 is 0 Å². The number of nitrogens with zero attached hydrogens (tertiary/aromatic N) is 2. The molecule has 0 saturated carbocycles. The average Bonchev–Trinajstić information content (AvgIpc) is 3.00. The maximum absolute atomic E-state index is 14.0. The van der Waals surface area contributed by atoms with Crippen LogP contribution < -0.4 is 0 Å². The molecule has 2 fully saturated rings. The van der Waals surface area contributed by atoms with Gasteiger partial charge < -0.3 is 24.4 Å². The largest absolute Gasteiger partial charge is 0.465 e. The minimum absolute atomic E-state index is 0.0115. The molecule has 5 atom stereocenters. The molecule has 1 N–H and O–H groups in total. The van der Waals surface area contributed by atoms with Gasteiger partial charge in [0.25, 0.3) is 0 Å². The quantitative estimate of drug-likeness (QED) is 0.399. The Kier molecular flexibility index (Phi) is 5.74. The number of rotatable bonds is 4. The van der Waals surface area contributed by atoms with Crippen LogP contribution in [0.3, 0.4) is 0 Å². The first-order valence-corrected chi connectivity index (χ1v) is 11.5. The van der Waals surface area contributed by atoms with Gasteiger partial charge in [0, 0.05) is 25.2 Å². The van der Waals surface area contributed by atoms with Crippen molar-refractivity contribution in [3.8, 4) is 0 Å². The Bertz CT molecular complexity index is 861. The van der Waals surface area contributed by atoms with E-state index < -0.39 is 40.6 Å². The number of unbranched alkanes of at least 4 members (excludes halogenated alkanes) is 1. The fourth-order valence-corrected chi connectivity index (χ4v) is 5.73. The number of aliphatic hydroxyl groups is 1. The van der Waals surface area contributed by atoms with E-state index in [9.17, 15) is 19.5 Å². The Morgan fingerprint density at radius 1 is 1.09 bits per heavy atom. The Balaban J connectivity index is 1.85. The van der Waals surface area contributed by atoms with E-state index in [1.165, 1.54) is 0 Å². The molecule has 176 valence electrons. The Labute approximate surface area is 189 Å². The standard InChI is InChI=1S/C24H34N2O6/c1-22(2,3)26-13-9-11-24-16(17-21(30)31-15-8-5-10-23(17,4)32-24)19(28)25(12-6-7-14-27)18(24)20(26)29/h5,9-11,16-18,27H,6-8,12-15H2,1-4H3/t16-,17+,18?,23-,24-/m0/s1. The molecule has 4 aliphatic rings. The zero-order valence-corrected chi connectivity index (χ0v) is 19.4. The molecule has 32 heavy (non-hydrogen) atoms. The van der Waals surface area contributed by atoms with Crippen molar-refractivity contribution in [2.24, 2.45) is 11.8 Å². The van der Waals surface area contributed by atoms with E-state index in [0.717, 1.165) is 0 Å². The zero-order valence-electron chi connectivity index (χ0n) is 19.4. The summed E-state index contributed by atoms with van der Waals surface area (Å²) >= 11 is 0. The van der Waals surface area contributed by atoms with Crippen LogP contribution in [-0.2, 0) is 23.9 Å². The second-order valence-electron chi connectivity index (χ2n) is 10.3. The summed E-state index contributed by atoms with van der Waals surface area (Å²) in [6, 6.07) is -0.872. The van der Waals surface area contributed by atoms with Crippen LogP contribution in [-0.4, -0.2) is 81.8 Å². The third-order valence-electron chi connectivity index (χ3n) is 7.14. The van der Waals surface area contributed by atoms with Crippen LogP contribution in [0.4, 0.5) is 0 Å². The molecule has 8 heteroatoms. The lowest BCUT2D eigenvalue weighted by atomic mass is 9.74. The lowest BCUT2D eigenvalue weighted by Crippen LogP contribution is -2.59. The lowest BCUT2D eigenvalue weighted by Gasteiger charge is -2.41. The van der Waals surface area contributed by atoms with E-state index in [1.54, 1.807) is 16.7 Å². The number of fused-ring (bicyclic) bond motifs is 2. The number of hydrogen-bond donors (Lipinski definition) is 1. The first-order valence-electron chi connectivity index (χ1n) is 11.5. The van der Waals surface area contributed by atoms with Gasteiger partial charge in [0.2, 0.25) is 11.8 Å². The van der Waals surface area contributed by atoms with Gasteiger partial charge in [-0.15, -0.1) is 0 Å². The summed E-state index contributed by atoms with van der Waals surface area (Å²) in [5, 5.41) is 9.24. The highest BCUT2D eigenvalue weighted by molar-refractivity contribution is 5.99. The van der Waals surface area contributed by atoms with Crippen LogP contribution in [0.2, 0.25) is 0 Å². The number of amides is 2. The summed E-state index contributed by atoms with van der Waals surface area (Å²) in [5.41, 5.74) is -2.75. The van der Waals surface area contributed by atoms with Crippen molar-refractivity contribution in [2.45, 2.75) is 69.7 Å². The predicted molar refractivity (Wildman–Crippen MR) is 116 cm³/mol. The summed E-state index contributed by atoms with van der Waals surface area (Å²) in [5.74, 6) is -2.59. The van der Waals surface area contributed by atoms with Gasteiger partial charge in [-0.1, -0.05) is 24.3 Å². The monoisotopic (exact) mass is 446 g/mol. The number of ether oxygens (including phenoxy) is 2. The Morgan fingerprint density at radius 2 is 1.84 bits per heavy atom. The maximum atomic E-state index is 14.0. The topological polar surface area (TPSA) is 96.4 Å². The molecular formula is C24H34N2O6. The maximum Gasteiger partial charge on any atom is 0.313 e. The normalized spacial score (nSPS) is 36.9. The molecule has 0 bridgehead atoms. The smallest absolute Gasteiger partial charge is 0.313 e. The van der Waals surface area contributed by atoms with Crippen LogP contribution in [0, 0.1) is 11.8 Å². The highest BCUT2D eigenvalue weighted by Crippen LogP contribution is 2.57. The Hall–Kier alpha value is -2.19. The number of hydrogen-bond acceptors (Lipinski definition) is 6. The van der Waals surface area contributed by atoms with Gasteiger partial charge in [-0.25, -0.2) is 0 Å². The fourth-order valence-electron chi connectivity index (χ4n) is 5.73. The summed E-state index contributed by atoms with van der Waals surface area (Å²) < 4.78 is 12.1. The van der Waals surface area contributed by atoms with E-state index in [0.29, 0.717) is 32.4 Å². The van der Waals surface area contributed by atoms with E-state index in [-0.39, 0.29) is 25.0 Å². The molecule has 0 radical (unpaired) electrons. The highest BCUT2D eigenvalue weighted by Gasteiger charge is 2.74. The van der Waals surface area contributed by atoms with Crippen molar-refractivity contribution >= 4 is 17.8 Å². The average molecular weight is 447 g/mol. The van der Waals surface area contributed by atoms with Gasteiger partial charge in [-0.3, -0.25) is 14.4 Å². The minimum atomic E-state index is -1.25. The third kappa shape index (κ3) is 3.39. The highest BCUT2D eigenvalue weighted by atomic mass is 16.6. The summed E-state index contributed by atoms with van der Waals surface area (Å²) in [6.45, 7) is 8.68. The van der Waals surface area contributed by atoms with E-state index in [1.807, 2.05) is 45.1 Å². The lowest BCUT2D eigenvalue weighted by molar-refractivity contribution is -0.161. The molecule has 2 amide bonds. The molecule has 8 nitrogen and oxygen atoms in total. The first kappa shape index (κ1) is 23.0. The van der Waals surface area contributed by atoms with Crippen molar-refractivity contribution in [1.82, 2.24) is 9.80 Å². The molecular weight excluding hydrogens is 412 g/mol. The first-order chi connectivity index (χ1) is 15.1. The van der Waals surface area contributed by atoms with E-state index in [2.05, 4.69) is 0 Å². The number of likely N-dealkylation sites (tertiary alicyclic amines) is 1. The molecule has 4 heterocycles. The number of cyclic esters (lactones) is 1. The number of carbonyl (C=O) groups is 3. The van der Waals surface area contributed by atoms with Crippen molar-refractivity contribution in [3.05, 3.63) is 24.3 Å². The minimum Gasteiger partial charge on any atom is -0.465 e. The van der Waals surface area contributed by atoms with Crippen LogP contribution >= 0.6 is 0 Å². The van der Waals surface area contributed by atoms with Crippen molar-refractivity contribution in [3.63, 3.8) is 0 Å². The third-order valence-corrected chi connectivity index (χ3v) is 7.14. The van der Waals surface area contributed by atoms with Crippen LogP contribution in [0.5, 0.6) is 0 Å². The number of aliphatic hydroxyl groups excluding tert-OH is 1. The van der Waals surface area contributed by atoms with Crippen LogP contribution in [0.25, 0.3) is 0 Å². The van der Waals surface area contributed by atoms with E-state index in [4.69, 9.17) is 9.47 Å². The molecule has 1 unspecified atom stereocenters. The molecule has 4 rings (SSSR count). The second-order valence-corrected chi connectivity index (χ2v) is 10.3. The Morgan fingerprint density at radius 3 is 2.53 bits per heavy atom.